The van der Waals surface area contributed by atoms with E-state index >= 15 is 0 Å². The summed E-state index contributed by atoms with van der Waals surface area (Å²) in [6.07, 6.45) is 2.44. The van der Waals surface area contributed by atoms with Crippen molar-refractivity contribution in [3.8, 4) is 0 Å². The zero-order valence-corrected chi connectivity index (χ0v) is 14.3. The second-order valence-corrected chi connectivity index (χ2v) is 6.62. The van der Waals surface area contributed by atoms with Crippen LogP contribution in [0.1, 0.15) is 21.8 Å². The maximum Gasteiger partial charge on any atom is 0.293 e. The highest BCUT2D eigenvalue weighted by Gasteiger charge is 2.12. The van der Waals surface area contributed by atoms with Crippen LogP contribution in [0, 0.1) is 0 Å². The number of thiazole rings is 1. The summed E-state index contributed by atoms with van der Waals surface area (Å²) in [7, 11) is 0. The van der Waals surface area contributed by atoms with Gasteiger partial charge in [-0.05, 0) is 40.9 Å². The lowest BCUT2D eigenvalue weighted by Gasteiger charge is -2.02. The van der Waals surface area contributed by atoms with E-state index in [-0.39, 0.29) is 24.0 Å². The number of amides is 2. The second kappa shape index (κ2) is 7.89. The molecule has 0 radical (unpaired) electrons. The van der Waals surface area contributed by atoms with Gasteiger partial charge in [0.1, 0.15) is 0 Å². The number of thiophene rings is 1. The van der Waals surface area contributed by atoms with Crippen LogP contribution in [-0.2, 0) is 17.6 Å². The lowest BCUT2D eigenvalue weighted by molar-refractivity contribution is -0.120. The zero-order chi connectivity index (χ0) is 16.8. The molecule has 0 aliphatic rings. The van der Waals surface area contributed by atoms with E-state index in [0.717, 1.165) is 6.42 Å². The third kappa shape index (κ3) is 4.53. The van der Waals surface area contributed by atoms with Gasteiger partial charge < -0.3 is 9.73 Å². The Morgan fingerprint density at radius 2 is 2.17 bits per heavy atom. The van der Waals surface area contributed by atoms with E-state index in [2.05, 4.69) is 21.0 Å². The van der Waals surface area contributed by atoms with Crippen LogP contribution in [0.3, 0.4) is 0 Å². The van der Waals surface area contributed by atoms with Gasteiger partial charge in [0.25, 0.3) is 5.91 Å². The Balaban J connectivity index is 1.45. The van der Waals surface area contributed by atoms with Crippen molar-refractivity contribution < 1.29 is 14.0 Å². The lowest BCUT2D eigenvalue weighted by atomic mass is 10.2. The molecule has 2 N–H and O–H groups in total. The maximum absolute atomic E-state index is 11.9. The van der Waals surface area contributed by atoms with E-state index in [1.54, 1.807) is 28.8 Å². The SMILES string of the molecule is O=C(Cc1csc(NC(=O)c2ccco2)n1)NCCc1ccsc1. The van der Waals surface area contributed by atoms with Crippen LogP contribution in [0.5, 0.6) is 0 Å². The molecule has 3 aromatic rings. The van der Waals surface area contributed by atoms with Gasteiger partial charge in [0.15, 0.2) is 10.9 Å². The number of nitrogens with zero attached hydrogens (tertiary/aromatic N) is 1. The summed E-state index contributed by atoms with van der Waals surface area (Å²) in [4.78, 5) is 28.0. The molecule has 0 atom stereocenters. The molecule has 3 aromatic heterocycles. The van der Waals surface area contributed by atoms with Gasteiger partial charge in [-0.25, -0.2) is 4.98 Å². The van der Waals surface area contributed by atoms with E-state index in [9.17, 15) is 9.59 Å². The zero-order valence-electron chi connectivity index (χ0n) is 12.7. The molecule has 0 spiro atoms. The Hall–Kier alpha value is -2.45. The van der Waals surface area contributed by atoms with Crippen LogP contribution in [0.2, 0.25) is 0 Å². The molecular formula is C16H15N3O3S2. The third-order valence-corrected chi connectivity index (χ3v) is 4.71. The van der Waals surface area contributed by atoms with Gasteiger partial charge >= 0.3 is 0 Å². The van der Waals surface area contributed by atoms with Gasteiger partial charge in [0.2, 0.25) is 5.91 Å². The Morgan fingerprint density at radius 1 is 1.25 bits per heavy atom. The van der Waals surface area contributed by atoms with Gasteiger partial charge in [-0.15, -0.1) is 11.3 Å². The number of aromatic nitrogens is 1. The molecule has 0 unspecified atom stereocenters. The highest BCUT2D eigenvalue weighted by Crippen LogP contribution is 2.17. The molecule has 0 fully saturated rings. The molecule has 24 heavy (non-hydrogen) atoms. The van der Waals surface area contributed by atoms with Crippen LogP contribution in [0.15, 0.2) is 45.0 Å². The molecule has 2 amide bonds. The normalized spacial score (nSPS) is 10.5. The summed E-state index contributed by atoms with van der Waals surface area (Å²) in [5, 5.41) is 11.8. The first-order chi connectivity index (χ1) is 11.7. The number of carbonyl (C=O) groups is 2. The van der Waals surface area contributed by atoms with Crippen LogP contribution < -0.4 is 10.6 Å². The van der Waals surface area contributed by atoms with Crippen molar-refractivity contribution in [1.82, 2.24) is 10.3 Å². The van der Waals surface area contributed by atoms with E-state index in [1.165, 1.54) is 23.2 Å². The molecule has 0 bridgehead atoms. The van der Waals surface area contributed by atoms with Crippen molar-refractivity contribution in [3.05, 3.63) is 57.6 Å². The molecular weight excluding hydrogens is 346 g/mol. The van der Waals surface area contributed by atoms with Crippen LogP contribution in [0.25, 0.3) is 0 Å². The first-order valence-corrected chi connectivity index (χ1v) is 9.10. The summed E-state index contributed by atoms with van der Waals surface area (Å²) in [5.74, 6) is -0.224. The first kappa shape index (κ1) is 16.4. The van der Waals surface area contributed by atoms with E-state index in [0.29, 0.717) is 17.4 Å². The maximum atomic E-state index is 11.9. The van der Waals surface area contributed by atoms with Crippen LogP contribution in [0.4, 0.5) is 5.13 Å². The number of furan rings is 1. The fraction of sp³-hybridized carbons (Fsp3) is 0.188. The summed E-state index contributed by atoms with van der Waals surface area (Å²) >= 11 is 2.92. The predicted molar refractivity (Wildman–Crippen MR) is 93.5 cm³/mol. The van der Waals surface area contributed by atoms with Gasteiger partial charge in [0, 0.05) is 11.9 Å². The molecule has 0 aliphatic heterocycles. The fourth-order valence-electron chi connectivity index (χ4n) is 2.02. The minimum Gasteiger partial charge on any atom is -0.459 e. The highest BCUT2D eigenvalue weighted by atomic mass is 32.1. The molecule has 124 valence electrons. The van der Waals surface area contributed by atoms with Crippen LogP contribution >= 0.6 is 22.7 Å². The van der Waals surface area contributed by atoms with E-state index < -0.39 is 0 Å². The van der Waals surface area contributed by atoms with Crippen molar-refractivity contribution in [2.75, 3.05) is 11.9 Å². The molecule has 6 nitrogen and oxygen atoms in total. The second-order valence-electron chi connectivity index (χ2n) is 4.98. The number of anilines is 1. The minimum absolute atomic E-state index is 0.0839. The molecule has 0 aromatic carbocycles. The van der Waals surface area contributed by atoms with Crippen molar-refractivity contribution in [2.45, 2.75) is 12.8 Å². The quantitative estimate of drug-likeness (QED) is 0.678. The summed E-state index contributed by atoms with van der Waals surface area (Å²) in [5.41, 5.74) is 1.85. The summed E-state index contributed by atoms with van der Waals surface area (Å²) in [6.45, 7) is 0.599. The Morgan fingerprint density at radius 3 is 2.92 bits per heavy atom. The third-order valence-electron chi connectivity index (χ3n) is 3.17. The van der Waals surface area contributed by atoms with Crippen LogP contribution in [-0.4, -0.2) is 23.3 Å². The smallest absolute Gasteiger partial charge is 0.293 e. The Bertz CT molecular complexity index is 795. The molecule has 0 saturated carbocycles. The Labute approximate surface area is 146 Å². The average Bonchev–Trinajstić information content (AvgIpc) is 3.30. The predicted octanol–water partition coefficient (Wildman–Crippen LogP) is 2.95. The molecule has 3 heterocycles. The van der Waals surface area contributed by atoms with E-state index in [1.807, 2.05) is 11.4 Å². The van der Waals surface area contributed by atoms with Gasteiger partial charge in [-0.1, -0.05) is 0 Å². The average molecular weight is 361 g/mol. The summed E-state index contributed by atoms with van der Waals surface area (Å²) in [6, 6.07) is 5.26. The van der Waals surface area contributed by atoms with Gasteiger partial charge in [-0.2, -0.15) is 11.3 Å². The fourth-order valence-corrected chi connectivity index (χ4v) is 3.43. The van der Waals surface area contributed by atoms with E-state index in [4.69, 9.17) is 4.42 Å². The van der Waals surface area contributed by atoms with Gasteiger partial charge in [0.05, 0.1) is 18.4 Å². The van der Waals surface area contributed by atoms with Crippen molar-refractivity contribution >= 4 is 39.6 Å². The standard InChI is InChI=1S/C16H15N3O3S2/c20-14(17-5-3-11-4-7-23-9-11)8-12-10-24-16(18-12)19-15(21)13-2-1-6-22-13/h1-2,4,6-7,9-10H,3,5,8H2,(H,17,20)(H,18,19,21). The number of rotatable bonds is 7. The van der Waals surface area contributed by atoms with Crippen molar-refractivity contribution in [1.29, 1.82) is 0 Å². The molecule has 8 heteroatoms. The molecule has 3 rings (SSSR count). The number of carbonyl (C=O) groups excluding carboxylic acids is 2. The number of hydrogen-bond acceptors (Lipinski definition) is 6. The number of nitrogens with one attached hydrogen (secondary N) is 2. The highest BCUT2D eigenvalue weighted by molar-refractivity contribution is 7.14. The van der Waals surface area contributed by atoms with Crippen molar-refractivity contribution in [3.63, 3.8) is 0 Å². The van der Waals surface area contributed by atoms with Crippen molar-refractivity contribution in [2.24, 2.45) is 0 Å². The number of hydrogen-bond donors (Lipinski definition) is 2. The summed E-state index contributed by atoms with van der Waals surface area (Å²) < 4.78 is 5.02. The first-order valence-electron chi connectivity index (χ1n) is 7.28. The largest absolute Gasteiger partial charge is 0.459 e. The molecule has 0 aliphatic carbocycles. The monoisotopic (exact) mass is 361 g/mol. The lowest BCUT2D eigenvalue weighted by Crippen LogP contribution is -2.27. The Kier molecular flexibility index (Phi) is 5.39. The molecule has 0 saturated heterocycles. The van der Waals surface area contributed by atoms with Gasteiger partial charge in [-0.3, -0.25) is 14.9 Å². The minimum atomic E-state index is -0.360. The topological polar surface area (TPSA) is 84.2 Å².